The summed E-state index contributed by atoms with van der Waals surface area (Å²) < 4.78 is 5.76. The number of carbonyl (C=O) groups is 2. The highest BCUT2D eigenvalue weighted by atomic mass is 32.1. The van der Waals surface area contributed by atoms with E-state index in [-0.39, 0.29) is 24.5 Å². The number of thiophene rings is 1. The Morgan fingerprint density at radius 2 is 1.71 bits per heavy atom. The van der Waals surface area contributed by atoms with Crippen LogP contribution in [0.4, 0.5) is 0 Å². The zero-order chi connectivity index (χ0) is 23.3. The van der Waals surface area contributed by atoms with Gasteiger partial charge >= 0.3 is 0 Å². The number of ether oxygens (including phenoxy) is 1. The Bertz CT molecular complexity index is 1150. The van der Waals surface area contributed by atoms with Crippen LogP contribution in [0.25, 0.3) is 0 Å². The molecule has 0 bridgehead atoms. The summed E-state index contributed by atoms with van der Waals surface area (Å²) in [7, 11) is 0. The second-order valence-electron chi connectivity index (χ2n) is 8.56. The van der Waals surface area contributed by atoms with Gasteiger partial charge in [-0.15, -0.1) is 11.3 Å². The van der Waals surface area contributed by atoms with Crippen LogP contribution in [0, 0.1) is 0 Å². The number of benzene rings is 2. The maximum absolute atomic E-state index is 13.2. The molecule has 2 aliphatic rings. The summed E-state index contributed by atoms with van der Waals surface area (Å²) in [6.07, 6.45) is 3.95. The average molecular weight is 474 g/mol. The zero-order valence-electron chi connectivity index (χ0n) is 18.9. The number of hydrazone groups is 1. The predicted molar refractivity (Wildman–Crippen MR) is 133 cm³/mol. The SMILES string of the molecule is O=C(COc1ccc(C2CC(c3ccccc3)=NN2C(=O)c2cccs2)cc1)N1CCCCC1. The lowest BCUT2D eigenvalue weighted by molar-refractivity contribution is -0.134. The van der Waals surface area contributed by atoms with Gasteiger partial charge in [0, 0.05) is 19.5 Å². The molecule has 3 aromatic rings. The van der Waals surface area contributed by atoms with Gasteiger partial charge in [-0.2, -0.15) is 5.10 Å². The molecule has 2 aliphatic heterocycles. The van der Waals surface area contributed by atoms with Crippen LogP contribution in [0.15, 0.2) is 77.2 Å². The van der Waals surface area contributed by atoms with Gasteiger partial charge < -0.3 is 9.64 Å². The monoisotopic (exact) mass is 473 g/mol. The van der Waals surface area contributed by atoms with Crippen molar-refractivity contribution in [1.82, 2.24) is 9.91 Å². The summed E-state index contributed by atoms with van der Waals surface area (Å²) >= 11 is 1.42. The minimum atomic E-state index is -0.200. The van der Waals surface area contributed by atoms with E-state index in [1.807, 2.05) is 77.0 Å². The first-order valence-electron chi connectivity index (χ1n) is 11.7. The number of hydrogen-bond donors (Lipinski definition) is 0. The Kier molecular flexibility index (Phi) is 6.72. The fraction of sp³-hybridized carbons (Fsp3) is 0.296. The summed E-state index contributed by atoms with van der Waals surface area (Å²) in [6, 6.07) is 21.1. The van der Waals surface area contributed by atoms with Crippen molar-refractivity contribution >= 4 is 28.9 Å². The molecule has 0 saturated carbocycles. The quantitative estimate of drug-likeness (QED) is 0.499. The van der Waals surface area contributed by atoms with E-state index in [1.165, 1.54) is 17.8 Å². The molecule has 1 unspecified atom stereocenters. The second kappa shape index (κ2) is 10.2. The van der Waals surface area contributed by atoms with Crippen LogP contribution in [-0.4, -0.2) is 47.1 Å². The average Bonchev–Trinajstić information content (AvgIpc) is 3.59. The molecule has 0 aliphatic carbocycles. The molecule has 2 aromatic carbocycles. The Labute approximate surface area is 203 Å². The Morgan fingerprint density at radius 3 is 2.41 bits per heavy atom. The van der Waals surface area contributed by atoms with E-state index in [9.17, 15) is 9.59 Å². The van der Waals surface area contributed by atoms with Gasteiger partial charge in [0.15, 0.2) is 6.61 Å². The molecule has 1 aromatic heterocycles. The third-order valence-electron chi connectivity index (χ3n) is 6.29. The zero-order valence-corrected chi connectivity index (χ0v) is 19.7. The van der Waals surface area contributed by atoms with Gasteiger partial charge in [-0.1, -0.05) is 48.5 Å². The van der Waals surface area contributed by atoms with Gasteiger partial charge in [-0.05, 0) is 54.0 Å². The first kappa shape index (κ1) is 22.3. The molecule has 1 fully saturated rings. The van der Waals surface area contributed by atoms with Gasteiger partial charge in [0.05, 0.1) is 16.6 Å². The molecule has 0 radical (unpaired) electrons. The fourth-order valence-corrected chi connectivity index (χ4v) is 5.10. The molecule has 7 heteroatoms. The molecular formula is C27H27N3O3S. The third-order valence-corrected chi connectivity index (χ3v) is 7.15. The molecular weight excluding hydrogens is 446 g/mol. The van der Waals surface area contributed by atoms with E-state index in [0.717, 1.165) is 42.8 Å². The summed E-state index contributed by atoms with van der Waals surface area (Å²) in [4.78, 5) is 28.2. The van der Waals surface area contributed by atoms with Gasteiger partial charge in [-0.3, -0.25) is 9.59 Å². The van der Waals surface area contributed by atoms with Crippen molar-refractivity contribution in [2.75, 3.05) is 19.7 Å². The van der Waals surface area contributed by atoms with Crippen molar-refractivity contribution in [3.05, 3.63) is 88.1 Å². The number of likely N-dealkylation sites (tertiary alicyclic amines) is 1. The van der Waals surface area contributed by atoms with E-state index >= 15 is 0 Å². The van der Waals surface area contributed by atoms with E-state index in [2.05, 4.69) is 0 Å². The Hall–Kier alpha value is -3.45. The highest BCUT2D eigenvalue weighted by Gasteiger charge is 2.34. The molecule has 5 rings (SSSR count). The first-order valence-corrected chi connectivity index (χ1v) is 12.6. The van der Waals surface area contributed by atoms with Crippen molar-refractivity contribution in [1.29, 1.82) is 0 Å². The molecule has 34 heavy (non-hydrogen) atoms. The van der Waals surface area contributed by atoms with Crippen LogP contribution >= 0.6 is 11.3 Å². The number of piperidine rings is 1. The van der Waals surface area contributed by atoms with Crippen molar-refractivity contribution in [3.8, 4) is 5.75 Å². The van der Waals surface area contributed by atoms with Crippen molar-refractivity contribution in [2.24, 2.45) is 5.10 Å². The van der Waals surface area contributed by atoms with E-state index in [1.54, 1.807) is 5.01 Å². The minimum absolute atomic E-state index is 0.0354. The molecule has 3 heterocycles. The molecule has 1 saturated heterocycles. The summed E-state index contributed by atoms with van der Waals surface area (Å²) in [5.41, 5.74) is 2.89. The summed E-state index contributed by atoms with van der Waals surface area (Å²) in [5.74, 6) is 0.582. The van der Waals surface area contributed by atoms with Crippen molar-refractivity contribution in [3.63, 3.8) is 0 Å². The normalized spacial score (nSPS) is 18.0. The van der Waals surface area contributed by atoms with Crippen LogP contribution in [-0.2, 0) is 4.79 Å². The number of hydrogen-bond acceptors (Lipinski definition) is 5. The Morgan fingerprint density at radius 1 is 0.941 bits per heavy atom. The molecule has 2 amide bonds. The predicted octanol–water partition coefficient (Wildman–Crippen LogP) is 5.13. The number of carbonyl (C=O) groups excluding carboxylic acids is 2. The molecule has 174 valence electrons. The van der Waals surface area contributed by atoms with Crippen LogP contribution in [0.2, 0.25) is 0 Å². The van der Waals surface area contributed by atoms with Crippen molar-refractivity contribution in [2.45, 2.75) is 31.7 Å². The summed E-state index contributed by atoms with van der Waals surface area (Å²) in [6.45, 7) is 1.69. The third kappa shape index (κ3) is 4.89. The fourth-order valence-electron chi connectivity index (χ4n) is 4.44. The lowest BCUT2D eigenvalue weighted by Gasteiger charge is -2.26. The van der Waals surface area contributed by atoms with Crippen LogP contribution < -0.4 is 4.74 Å². The van der Waals surface area contributed by atoms with Crippen LogP contribution in [0.1, 0.15) is 52.5 Å². The number of nitrogens with zero attached hydrogens (tertiary/aromatic N) is 3. The molecule has 0 spiro atoms. The standard InChI is InChI=1S/C27H27N3O3S/c31-26(29-15-5-2-6-16-29)19-33-22-13-11-21(12-14-22)24-18-23(20-8-3-1-4-9-20)28-30(24)27(32)25-10-7-17-34-25/h1,3-4,7-14,17,24H,2,5-6,15-16,18-19H2. The van der Waals surface area contributed by atoms with E-state index < -0.39 is 0 Å². The second-order valence-corrected chi connectivity index (χ2v) is 9.51. The Balaban J connectivity index is 1.31. The first-order chi connectivity index (χ1) is 16.7. The minimum Gasteiger partial charge on any atom is -0.484 e. The van der Waals surface area contributed by atoms with Crippen LogP contribution in [0.3, 0.4) is 0 Å². The maximum atomic E-state index is 13.2. The van der Waals surface area contributed by atoms with Crippen LogP contribution in [0.5, 0.6) is 5.75 Å². The number of rotatable bonds is 6. The highest BCUT2D eigenvalue weighted by Crippen LogP contribution is 2.35. The van der Waals surface area contributed by atoms with Gasteiger partial charge in [0.1, 0.15) is 5.75 Å². The largest absolute Gasteiger partial charge is 0.484 e. The van der Waals surface area contributed by atoms with Crippen molar-refractivity contribution < 1.29 is 14.3 Å². The van der Waals surface area contributed by atoms with Gasteiger partial charge in [0.25, 0.3) is 11.8 Å². The van der Waals surface area contributed by atoms with Gasteiger partial charge in [-0.25, -0.2) is 5.01 Å². The lowest BCUT2D eigenvalue weighted by Crippen LogP contribution is -2.38. The van der Waals surface area contributed by atoms with Gasteiger partial charge in [0.2, 0.25) is 0 Å². The maximum Gasteiger partial charge on any atom is 0.284 e. The van der Waals surface area contributed by atoms with E-state index in [4.69, 9.17) is 9.84 Å². The highest BCUT2D eigenvalue weighted by molar-refractivity contribution is 7.12. The summed E-state index contributed by atoms with van der Waals surface area (Å²) in [5, 5.41) is 8.23. The molecule has 1 atom stereocenters. The molecule has 0 N–H and O–H groups in total. The number of amides is 2. The molecule has 6 nitrogen and oxygen atoms in total. The van der Waals surface area contributed by atoms with E-state index in [0.29, 0.717) is 17.0 Å². The topological polar surface area (TPSA) is 62.2 Å². The lowest BCUT2D eigenvalue weighted by atomic mass is 9.98. The smallest absolute Gasteiger partial charge is 0.284 e.